The van der Waals surface area contributed by atoms with Gasteiger partial charge in [0, 0.05) is 0 Å². The van der Waals surface area contributed by atoms with Crippen molar-refractivity contribution in [3.63, 3.8) is 0 Å². The summed E-state index contributed by atoms with van der Waals surface area (Å²) in [6.07, 6.45) is 9.46. The first-order chi connectivity index (χ1) is 9.97. The van der Waals surface area contributed by atoms with E-state index in [2.05, 4.69) is 34.9 Å². The fraction of sp³-hybridized carbons (Fsp3) is 0.875. The van der Waals surface area contributed by atoms with E-state index in [0.29, 0.717) is 0 Å². The van der Waals surface area contributed by atoms with Crippen molar-refractivity contribution in [1.29, 1.82) is 0 Å². The van der Waals surface area contributed by atoms with E-state index in [-0.39, 0.29) is 15.3 Å². The molecule has 1 aliphatic rings. The van der Waals surface area contributed by atoms with Crippen LogP contribution in [0.1, 0.15) is 58.8 Å². The molecule has 0 aliphatic heterocycles. The minimum atomic E-state index is -1.39. The molecule has 2 atom stereocenters. The Kier molecular flexibility index (Phi) is 7.42. The van der Waals surface area contributed by atoms with Gasteiger partial charge in [-0.05, 0) is 0 Å². The van der Waals surface area contributed by atoms with E-state index in [0.717, 1.165) is 44.9 Å². The third-order valence-corrected chi connectivity index (χ3v) is 8.92. The van der Waals surface area contributed by atoms with E-state index < -0.39 is 17.9 Å². The van der Waals surface area contributed by atoms with Gasteiger partial charge in [-0.1, -0.05) is 0 Å². The monoisotopic (exact) mass is 331 g/mol. The molecule has 1 saturated carbocycles. The molecule has 0 aromatic carbocycles. The molecular formula is C16H31N2O2Ti. The van der Waals surface area contributed by atoms with E-state index >= 15 is 0 Å². The van der Waals surface area contributed by atoms with Crippen LogP contribution in [0.2, 0.25) is 10.5 Å². The number of rotatable bonds is 9. The van der Waals surface area contributed by atoms with Crippen LogP contribution in [0.5, 0.6) is 0 Å². The van der Waals surface area contributed by atoms with Gasteiger partial charge in [-0.25, -0.2) is 0 Å². The van der Waals surface area contributed by atoms with Crippen LogP contribution in [0.15, 0.2) is 0 Å². The van der Waals surface area contributed by atoms with Gasteiger partial charge >= 0.3 is 135 Å². The zero-order valence-electron chi connectivity index (χ0n) is 14.0. The molecule has 0 bridgehead atoms. The third-order valence-electron chi connectivity index (χ3n) is 5.11. The molecule has 0 saturated heterocycles. The predicted octanol–water partition coefficient (Wildman–Crippen LogP) is 3.03. The minimum absolute atomic E-state index is 0.0367. The second-order valence-corrected chi connectivity index (χ2v) is 11.5. The Morgan fingerprint density at radius 3 is 2.14 bits per heavy atom. The number of nitrogens with one attached hydrogen (secondary N) is 2. The molecule has 5 heteroatoms. The molecule has 0 radical (unpaired) electrons. The first-order valence-electron chi connectivity index (χ1n) is 8.19. The second kappa shape index (κ2) is 8.33. The van der Waals surface area contributed by atoms with E-state index in [4.69, 9.17) is 0 Å². The van der Waals surface area contributed by atoms with Gasteiger partial charge in [-0.15, -0.1) is 0 Å². The number of carbonyl (C=O) groups excluding carboxylic acids is 2. The summed E-state index contributed by atoms with van der Waals surface area (Å²) in [7, 11) is 0. The van der Waals surface area contributed by atoms with Gasteiger partial charge in [0.25, 0.3) is 0 Å². The predicted molar refractivity (Wildman–Crippen MR) is 82.7 cm³/mol. The summed E-state index contributed by atoms with van der Waals surface area (Å²) in [6.45, 7) is 4.47. The van der Waals surface area contributed by atoms with Crippen LogP contribution in [-0.2, 0) is 27.5 Å². The van der Waals surface area contributed by atoms with Gasteiger partial charge in [0.2, 0.25) is 0 Å². The van der Waals surface area contributed by atoms with Gasteiger partial charge in [0.1, 0.15) is 0 Å². The van der Waals surface area contributed by atoms with Gasteiger partial charge < -0.3 is 0 Å². The van der Waals surface area contributed by atoms with Crippen molar-refractivity contribution in [3.05, 3.63) is 0 Å². The summed E-state index contributed by atoms with van der Waals surface area (Å²) >= 11 is -1.39. The van der Waals surface area contributed by atoms with Crippen molar-refractivity contribution in [2.45, 2.75) is 79.1 Å². The summed E-state index contributed by atoms with van der Waals surface area (Å²) < 4.78 is -0.0367. The maximum atomic E-state index is 11.2. The van der Waals surface area contributed by atoms with Crippen LogP contribution in [-0.4, -0.2) is 22.7 Å². The topological polar surface area (TPSA) is 58.2 Å². The fourth-order valence-electron chi connectivity index (χ4n) is 4.33. The number of amides is 2. The molecule has 1 fully saturated rings. The van der Waals surface area contributed by atoms with E-state index in [1.54, 1.807) is 0 Å². The first-order valence-corrected chi connectivity index (χ1v) is 12.1. The molecule has 1 aliphatic carbocycles. The molecule has 0 spiro atoms. The molecule has 0 aromatic heterocycles. The van der Waals surface area contributed by atoms with E-state index in [1.165, 1.54) is 12.8 Å². The van der Waals surface area contributed by atoms with Gasteiger partial charge in [0.15, 0.2) is 0 Å². The maximum absolute atomic E-state index is 11.2. The van der Waals surface area contributed by atoms with Crippen molar-refractivity contribution >= 4 is 12.8 Å². The van der Waals surface area contributed by atoms with Crippen molar-refractivity contribution in [3.8, 4) is 0 Å². The summed E-state index contributed by atoms with van der Waals surface area (Å²) in [5, 5.41) is 10.9. The van der Waals surface area contributed by atoms with Crippen LogP contribution >= 0.6 is 0 Å². The third kappa shape index (κ3) is 4.56. The van der Waals surface area contributed by atoms with Crippen LogP contribution in [0.25, 0.3) is 0 Å². The summed E-state index contributed by atoms with van der Waals surface area (Å²) in [5.74, 6) is 0. The average Bonchev–Trinajstić information content (AvgIpc) is 2.39. The Balaban J connectivity index is 3.13. The normalized spacial score (nSPS) is 27.7. The number of hydrogen-bond acceptors (Lipinski definition) is 2. The van der Waals surface area contributed by atoms with Crippen LogP contribution in [0.4, 0.5) is 0 Å². The second-order valence-electron chi connectivity index (χ2n) is 6.91. The Morgan fingerprint density at radius 1 is 1.10 bits per heavy atom. The Hall–Kier alpha value is -0.346. The SMILES string of the molecule is CCCC1(CCC)CC(NC=O)C[C](NC=O)([Ti]([CH3])[CH3])C1. The van der Waals surface area contributed by atoms with Crippen molar-refractivity contribution < 1.29 is 27.5 Å². The summed E-state index contributed by atoms with van der Waals surface area (Å²) in [4.78, 5) is 22.2. The van der Waals surface area contributed by atoms with Crippen LogP contribution in [0, 0.1) is 5.41 Å². The molecule has 2 amide bonds. The standard InChI is InChI=1S/C14H25N2O2.2CH3.Ti/c1-3-5-14(6-4-2)8-12(15-10-17)7-13(9-14)16-11-18;;;/h10-12H,3-9H2,1-2H3,(H,15,17)(H,16,18);2*1H3;. The van der Waals surface area contributed by atoms with Gasteiger partial charge in [-0.2, -0.15) is 0 Å². The number of hydrogen-bond donors (Lipinski definition) is 2. The molecule has 121 valence electrons. The molecule has 0 heterocycles. The Bertz CT molecular complexity index is 343. The molecule has 21 heavy (non-hydrogen) atoms. The van der Waals surface area contributed by atoms with Crippen molar-refractivity contribution in [2.24, 2.45) is 5.41 Å². The Morgan fingerprint density at radius 2 is 1.71 bits per heavy atom. The van der Waals surface area contributed by atoms with Crippen LogP contribution in [0.3, 0.4) is 0 Å². The first kappa shape index (κ1) is 18.7. The summed E-state index contributed by atoms with van der Waals surface area (Å²) in [5.41, 5.74) is 0.267. The van der Waals surface area contributed by atoms with Crippen molar-refractivity contribution in [1.82, 2.24) is 10.6 Å². The molecule has 0 aromatic rings. The Labute approximate surface area is 135 Å². The zero-order chi connectivity index (χ0) is 15.9. The van der Waals surface area contributed by atoms with Crippen LogP contribution < -0.4 is 10.6 Å². The molecule has 1 rings (SSSR count). The van der Waals surface area contributed by atoms with E-state index in [9.17, 15) is 9.59 Å². The van der Waals surface area contributed by atoms with Crippen molar-refractivity contribution in [2.75, 3.05) is 0 Å². The number of carbonyl (C=O) groups is 2. The average molecular weight is 331 g/mol. The van der Waals surface area contributed by atoms with Gasteiger partial charge in [0.05, 0.1) is 0 Å². The molecule has 2 unspecified atom stereocenters. The molecule has 4 nitrogen and oxygen atoms in total. The fourth-order valence-corrected chi connectivity index (χ4v) is 7.03. The van der Waals surface area contributed by atoms with Gasteiger partial charge in [-0.3, -0.25) is 0 Å². The molecule has 2 N–H and O–H groups in total. The quantitative estimate of drug-likeness (QED) is 0.504. The molecular weight excluding hydrogens is 300 g/mol. The summed E-state index contributed by atoms with van der Waals surface area (Å²) in [6, 6.07) is 0.198. The zero-order valence-corrected chi connectivity index (χ0v) is 15.6. The van der Waals surface area contributed by atoms with E-state index in [1.807, 2.05) is 0 Å².